The maximum absolute atomic E-state index is 12.5. The molecule has 1 atom stereocenters. The van der Waals surface area contributed by atoms with Crippen molar-refractivity contribution in [2.24, 2.45) is 5.92 Å². The largest absolute Gasteiger partial charge is 0.338 e. The minimum atomic E-state index is 0.0551. The molecule has 104 valence electrons. The van der Waals surface area contributed by atoms with Crippen LogP contribution in [0.3, 0.4) is 0 Å². The number of hydrogen-bond acceptors (Lipinski definition) is 3. The third kappa shape index (κ3) is 3.44. The summed E-state index contributed by atoms with van der Waals surface area (Å²) in [5.74, 6) is 0.607. The number of halogens is 1. The average molecular weight is 299 g/mol. The summed E-state index contributed by atoms with van der Waals surface area (Å²) in [6.45, 7) is 2.60. The molecule has 1 aliphatic heterocycles. The molecule has 1 aromatic carbocycles. The highest BCUT2D eigenvalue weighted by Crippen LogP contribution is 2.26. The number of nitrogens with zero attached hydrogens (tertiary/aromatic N) is 1. The molecule has 1 amide bonds. The smallest absolute Gasteiger partial charge is 0.255 e. The van der Waals surface area contributed by atoms with Gasteiger partial charge in [-0.2, -0.15) is 0 Å². The summed E-state index contributed by atoms with van der Waals surface area (Å²) in [7, 11) is 1.95. The Morgan fingerprint density at radius 2 is 2.37 bits per heavy atom. The van der Waals surface area contributed by atoms with Crippen molar-refractivity contribution in [1.82, 2.24) is 10.2 Å². The molecule has 1 heterocycles. The van der Waals surface area contributed by atoms with E-state index in [4.69, 9.17) is 11.6 Å². The van der Waals surface area contributed by atoms with Crippen molar-refractivity contribution in [3.05, 3.63) is 28.8 Å². The molecule has 0 saturated carbocycles. The van der Waals surface area contributed by atoms with Crippen LogP contribution in [0.4, 0.5) is 0 Å². The Bertz CT molecular complexity index is 467. The first kappa shape index (κ1) is 14.7. The van der Waals surface area contributed by atoms with E-state index >= 15 is 0 Å². The maximum Gasteiger partial charge on any atom is 0.255 e. The van der Waals surface area contributed by atoms with Gasteiger partial charge in [0.05, 0.1) is 10.6 Å². The minimum Gasteiger partial charge on any atom is -0.338 e. The van der Waals surface area contributed by atoms with Crippen LogP contribution in [0.15, 0.2) is 23.1 Å². The summed E-state index contributed by atoms with van der Waals surface area (Å²) in [6, 6.07) is 5.64. The molecule has 0 spiro atoms. The van der Waals surface area contributed by atoms with E-state index in [2.05, 4.69) is 5.32 Å². The third-order valence-electron chi connectivity index (χ3n) is 3.47. The summed E-state index contributed by atoms with van der Waals surface area (Å²) in [5.41, 5.74) is 0.624. The second-order valence-corrected chi connectivity index (χ2v) is 6.10. The van der Waals surface area contributed by atoms with E-state index in [1.807, 2.05) is 36.4 Å². The SMILES string of the molecule is CNCC1CCN(C(=O)c2cc(SC)ccc2Cl)C1. The highest BCUT2D eigenvalue weighted by Gasteiger charge is 2.27. The topological polar surface area (TPSA) is 32.3 Å². The van der Waals surface area contributed by atoms with Crippen LogP contribution in [-0.2, 0) is 0 Å². The van der Waals surface area contributed by atoms with Gasteiger partial charge in [0.2, 0.25) is 0 Å². The van der Waals surface area contributed by atoms with Crippen LogP contribution in [0.1, 0.15) is 16.8 Å². The zero-order valence-electron chi connectivity index (χ0n) is 11.3. The second-order valence-electron chi connectivity index (χ2n) is 4.81. The molecule has 3 nitrogen and oxygen atoms in total. The molecule has 5 heteroatoms. The number of likely N-dealkylation sites (tertiary alicyclic amines) is 1. The van der Waals surface area contributed by atoms with Gasteiger partial charge >= 0.3 is 0 Å². The first-order valence-electron chi connectivity index (χ1n) is 6.43. The lowest BCUT2D eigenvalue weighted by molar-refractivity contribution is 0.0787. The molecule has 0 aliphatic carbocycles. The molecular formula is C14H19ClN2OS. The van der Waals surface area contributed by atoms with E-state index in [1.165, 1.54) is 0 Å². The summed E-state index contributed by atoms with van der Waals surface area (Å²) in [6.07, 6.45) is 3.06. The van der Waals surface area contributed by atoms with Crippen molar-refractivity contribution in [3.8, 4) is 0 Å². The van der Waals surface area contributed by atoms with E-state index in [1.54, 1.807) is 11.8 Å². The van der Waals surface area contributed by atoms with Gasteiger partial charge in [-0.3, -0.25) is 4.79 Å². The van der Waals surface area contributed by atoms with E-state index in [9.17, 15) is 4.79 Å². The van der Waals surface area contributed by atoms with Crippen LogP contribution < -0.4 is 5.32 Å². The number of thioether (sulfide) groups is 1. The van der Waals surface area contributed by atoms with Crippen LogP contribution >= 0.6 is 23.4 Å². The summed E-state index contributed by atoms with van der Waals surface area (Å²) >= 11 is 7.78. The van der Waals surface area contributed by atoms with Gasteiger partial charge in [0.15, 0.2) is 0 Å². The fourth-order valence-corrected chi connectivity index (χ4v) is 3.08. The van der Waals surface area contributed by atoms with Crippen LogP contribution in [0.25, 0.3) is 0 Å². The van der Waals surface area contributed by atoms with Gasteiger partial charge in [-0.1, -0.05) is 11.6 Å². The molecule has 1 aromatic rings. The summed E-state index contributed by atoms with van der Waals surface area (Å²) in [5, 5.41) is 3.71. The Kier molecular flexibility index (Phi) is 5.13. The fourth-order valence-electron chi connectivity index (χ4n) is 2.44. The molecule has 1 saturated heterocycles. The van der Waals surface area contributed by atoms with Crippen LogP contribution in [0.2, 0.25) is 5.02 Å². The van der Waals surface area contributed by atoms with E-state index < -0.39 is 0 Å². The van der Waals surface area contributed by atoms with Gasteiger partial charge in [-0.25, -0.2) is 0 Å². The Morgan fingerprint density at radius 1 is 1.58 bits per heavy atom. The number of carbonyl (C=O) groups excluding carboxylic acids is 1. The second kappa shape index (κ2) is 6.64. The van der Waals surface area contributed by atoms with E-state index in [0.717, 1.165) is 31.0 Å². The monoisotopic (exact) mass is 298 g/mol. The van der Waals surface area contributed by atoms with Gasteiger partial charge in [0.1, 0.15) is 0 Å². The Labute approximate surface area is 123 Å². The first-order chi connectivity index (χ1) is 9.15. The molecule has 1 fully saturated rings. The molecule has 1 unspecified atom stereocenters. The highest BCUT2D eigenvalue weighted by molar-refractivity contribution is 7.98. The number of benzene rings is 1. The summed E-state index contributed by atoms with van der Waals surface area (Å²) in [4.78, 5) is 15.5. The Morgan fingerprint density at radius 3 is 3.05 bits per heavy atom. The van der Waals surface area contributed by atoms with Crippen molar-refractivity contribution in [3.63, 3.8) is 0 Å². The first-order valence-corrected chi connectivity index (χ1v) is 8.03. The molecule has 0 bridgehead atoms. The predicted octanol–water partition coefficient (Wildman–Crippen LogP) is 2.74. The van der Waals surface area contributed by atoms with Crippen molar-refractivity contribution in [1.29, 1.82) is 0 Å². The fraction of sp³-hybridized carbons (Fsp3) is 0.500. The highest BCUT2D eigenvalue weighted by atomic mass is 35.5. The van der Waals surface area contributed by atoms with Gasteiger partial charge in [-0.05, 0) is 50.4 Å². The minimum absolute atomic E-state index is 0.0551. The number of hydrogen-bond donors (Lipinski definition) is 1. The van der Waals surface area contributed by atoms with E-state index in [0.29, 0.717) is 16.5 Å². The quantitative estimate of drug-likeness (QED) is 0.868. The van der Waals surface area contributed by atoms with Gasteiger partial charge in [-0.15, -0.1) is 11.8 Å². The number of nitrogens with one attached hydrogen (secondary N) is 1. The zero-order valence-corrected chi connectivity index (χ0v) is 12.9. The Hall–Kier alpha value is -0.710. The van der Waals surface area contributed by atoms with Gasteiger partial charge in [0.25, 0.3) is 5.91 Å². The third-order valence-corrected chi connectivity index (χ3v) is 4.52. The molecule has 0 radical (unpaired) electrons. The molecule has 19 heavy (non-hydrogen) atoms. The van der Waals surface area contributed by atoms with Gasteiger partial charge in [0, 0.05) is 18.0 Å². The zero-order chi connectivity index (χ0) is 13.8. The van der Waals surface area contributed by atoms with Crippen LogP contribution in [0, 0.1) is 5.92 Å². The van der Waals surface area contributed by atoms with Crippen molar-refractivity contribution >= 4 is 29.3 Å². The van der Waals surface area contributed by atoms with Crippen molar-refractivity contribution < 1.29 is 4.79 Å². The number of amides is 1. The molecule has 1 N–H and O–H groups in total. The number of rotatable bonds is 4. The van der Waals surface area contributed by atoms with Crippen molar-refractivity contribution in [2.75, 3.05) is 32.9 Å². The molecular weight excluding hydrogens is 280 g/mol. The van der Waals surface area contributed by atoms with Crippen molar-refractivity contribution in [2.45, 2.75) is 11.3 Å². The van der Waals surface area contributed by atoms with E-state index in [-0.39, 0.29) is 5.91 Å². The Balaban J connectivity index is 2.12. The summed E-state index contributed by atoms with van der Waals surface area (Å²) < 4.78 is 0. The number of carbonyl (C=O) groups is 1. The lowest BCUT2D eigenvalue weighted by Crippen LogP contribution is -2.30. The standard InChI is InChI=1S/C14H19ClN2OS/c1-16-8-10-5-6-17(9-10)14(18)12-7-11(19-2)3-4-13(12)15/h3-4,7,10,16H,5-6,8-9H2,1-2H3. The lowest BCUT2D eigenvalue weighted by atomic mass is 10.1. The maximum atomic E-state index is 12.5. The lowest BCUT2D eigenvalue weighted by Gasteiger charge is -2.17. The van der Waals surface area contributed by atoms with Crippen LogP contribution in [-0.4, -0.2) is 43.7 Å². The molecule has 1 aliphatic rings. The normalized spacial score (nSPS) is 18.9. The predicted molar refractivity (Wildman–Crippen MR) is 81.2 cm³/mol. The van der Waals surface area contributed by atoms with Gasteiger partial charge < -0.3 is 10.2 Å². The molecule has 2 rings (SSSR count). The van der Waals surface area contributed by atoms with Crippen LogP contribution in [0.5, 0.6) is 0 Å². The molecule has 0 aromatic heterocycles. The average Bonchev–Trinajstić information content (AvgIpc) is 2.88.